The van der Waals surface area contributed by atoms with Crippen LogP contribution in [0.4, 0.5) is 0 Å². The van der Waals surface area contributed by atoms with Gasteiger partial charge in [-0.25, -0.2) is 0 Å². The van der Waals surface area contributed by atoms with Gasteiger partial charge in [-0.1, -0.05) is 12.7 Å². The summed E-state index contributed by atoms with van der Waals surface area (Å²) in [4.78, 5) is 0. The molecule has 0 saturated heterocycles. The smallest absolute Gasteiger partial charge is 0.000715 e. The first-order valence-corrected chi connectivity index (χ1v) is 1.65. The van der Waals surface area contributed by atoms with Gasteiger partial charge >= 0.3 is 0 Å². The molecule has 0 spiro atoms. The second-order valence-electron chi connectivity index (χ2n) is 0.736. The molecule has 0 unspecified atom stereocenters. The fourth-order valence-corrected chi connectivity index (χ4v) is 0.124. The topological polar surface area (TPSA) is 0 Å². The Hall–Kier alpha value is -0.740. The van der Waals surface area contributed by atoms with Gasteiger partial charge in [-0.15, -0.1) is 5.73 Å². The zero-order valence-corrected chi connectivity index (χ0v) is 3.52. The molecular formula is C6H6. The molecule has 0 N–H and O–H groups in total. The lowest BCUT2D eigenvalue weighted by Gasteiger charge is -1.53. The summed E-state index contributed by atoms with van der Waals surface area (Å²) >= 11 is 0. The van der Waals surface area contributed by atoms with E-state index in [2.05, 4.69) is 12.3 Å². The van der Waals surface area contributed by atoms with Crippen LogP contribution >= 0.6 is 0 Å². The van der Waals surface area contributed by atoms with Gasteiger partial charge in [0.05, 0.1) is 0 Å². The van der Waals surface area contributed by atoms with Crippen molar-refractivity contribution in [3.05, 3.63) is 37.5 Å². The van der Waals surface area contributed by atoms with Crippen molar-refractivity contribution in [2.45, 2.75) is 0 Å². The first-order chi connectivity index (χ1) is 2.91. The van der Waals surface area contributed by atoms with Gasteiger partial charge in [0.15, 0.2) is 0 Å². The standard InChI is InChI=1S/C6H6/c1-3-5-6-4-2/h1,3-4,6H,2H2. The normalized spacial score (nSPS) is 5.50. The summed E-state index contributed by atoms with van der Waals surface area (Å²) < 4.78 is 0. The van der Waals surface area contributed by atoms with Gasteiger partial charge in [0.1, 0.15) is 0 Å². The molecule has 0 heteroatoms. The summed E-state index contributed by atoms with van der Waals surface area (Å²) in [6.45, 7) is 8.30. The highest BCUT2D eigenvalue weighted by Gasteiger charge is 1.42. The first-order valence-electron chi connectivity index (χ1n) is 1.65. The van der Waals surface area contributed by atoms with Gasteiger partial charge in [0.25, 0.3) is 0 Å². The lowest BCUT2D eigenvalue weighted by Crippen LogP contribution is -1.32. The Balaban J connectivity index is 3.46. The molecule has 0 aliphatic carbocycles. The number of hydrogen-bond acceptors (Lipinski definition) is 0. The summed E-state index contributed by atoms with van der Waals surface area (Å²) in [5.41, 5.74) is 2.61. The van der Waals surface area contributed by atoms with Gasteiger partial charge < -0.3 is 0 Å². The summed E-state index contributed by atoms with van der Waals surface area (Å²) in [6.07, 6.45) is 4.59. The predicted octanol–water partition coefficient (Wildman–Crippen LogP) is 1.59. The molecule has 0 amide bonds. The highest BCUT2D eigenvalue weighted by molar-refractivity contribution is 4.97. The Morgan fingerprint density at radius 1 is 1.67 bits per heavy atom. The molecule has 0 aromatic rings. The van der Waals surface area contributed by atoms with E-state index in [-0.39, 0.29) is 0 Å². The van der Waals surface area contributed by atoms with Crippen LogP contribution in [0.3, 0.4) is 0 Å². The van der Waals surface area contributed by atoms with Crippen molar-refractivity contribution in [3.8, 4) is 0 Å². The minimum atomic E-state index is 1.34. The number of allylic oxidation sites excluding steroid dienone is 2. The number of rotatable bonds is 1. The van der Waals surface area contributed by atoms with E-state index in [1.165, 1.54) is 6.08 Å². The zero-order chi connectivity index (χ0) is 4.83. The van der Waals surface area contributed by atoms with Crippen LogP contribution in [0, 0.1) is 6.92 Å². The molecule has 2 radical (unpaired) electrons. The molecule has 6 heavy (non-hydrogen) atoms. The van der Waals surface area contributed by atoms with Gasteiger partial charge in [-0.2, -0.15) is 0 Å². The van der Waals surface area contributed by atoms with Crippen LogP contribution in [-0.4, -0.2) is 0 Å². The predicted molar refractivity (Wildman–Crippen MR) is 27.1 cm³/mol. The molecule has 0 aliphatic rings. The van der Waals surface area contributed by atoms with Crippen molar-refractivity contribution in [1.82, 2.24) is 0 Å². The molecule has 0 aliphatic heterocycles. The van der Waals surface area contributed by atoms with E-state index in [1.54, 1.807) is 12.2 Å². The van der Waals surface area contributed by atoms with E-state index in [0.29, 0.717) is 0 Å². The number of hydrogen-bond donors (Lipinski definition) is 0. The second-order valence-corrected chi connectivity index (χ2v) is 0.736. The minimum Gasteiger partial charge on any atom is -0.125 e. The van der Waals surface area contributed by atoms with Crippen LogP contribution in [0.5, 0.6) is 0 Å². The molecule has 0 saturated carbocycles. The summed E-state index contributed by atoms with van der Waals surface area (Å²) in [6, 6.07) is 0. The lowest BCUT2D eigenvalue weighted by molar-refractivity contribution is 2.01. The molecule has 0 fully saturated rings. The third-order valence-electron chi connectivity index (χ3n) is 0.310. The fraction of sp³-hybridized carbons (Fsp3) is 0. The van der Waals surface area contributed by atoms with Crippen molar-refractivity contribution < 1.29 is 0 Å². The Kier molecular flexibility index (Phi) is 3.73. The van der Waals surface area contributed by atoms with Gasteiger partial charge in [-0.3, -0.25) is 0 Å². The second kappa shape index (κ2) is 4.26. The molecule has 0 heterocycles. The lowest BCUT2D eigenvalue weighted by atomic mass is 10.5. The Bertz CT molecular complexity index is 82.2. The van der Waals surface area contributed by atoms with Crippen LogP contribution < -0.4 is 0 Å². The largest absolute Gasteiger partial charge is 0.125 e. The Morgan fingerprint density at radius 3 is 2.50 bits per heavy atom. The maximum atomic E-state index is 4.90. The van der Waals surface area contributed by atoms with E-state index in [0.717, 1.165) is 0 Å². The summed E-state index contributed by atoms with van der Waals surface area (Å²) in [5, 5.41) is 0. The maximum Gasteiger partial charge on any atom is -0.000715 e. The van der Waals surface area contributed by atoms with Crippen molar-refractivity contribution in [1.29, 1.82) is 0 Å². The van der Waals surface area contributed by atoms with Crippen molar-refractivity contribution in [2.24, 2.45) is 0 Å². The molecule has 0 nitrogen and oxygen atoms in total. The maximum absolute atomic E-state index is 4.90. The molecule has 30 valence electrons. The molecular weight excluding hydrogens is 72.1 g/mol. The minimum absolute atomic E-state index is 1.34. The van der Waals surface area contributed by atoms with E-state index >= 15 is 0 Å². The monoisotopic (exact) mass is 78.0 g/mol. The van der Waals surface area contributed by atoms with E-state index < -0.39 is 0 Å². The van der Waals surface area contributed by atoms with Crippen LogP contribution in [-0.2, 0) is 0 Å². The van der Waals surface area contributed by atoms with Gasteiger partial charge in [0.2, 0.25) is 0 Å². The third kappa shape index (κ3) is 3.26. The van der Waals surface area contributed by atoms with Crippen LogP contribution in [0.2, 0.25) is 0 Å². The van der Waals surface area contributed by atoms with E-state index in [1.807, 2.05) is 0 Å². The highest BCUT2D eigenvalue weighted by atomic mass is 13.5. The quantitative estimate of drug-likeness (QED) is 0.330. The van der Waals surface area contributed by atoms with E-state index in [4.69, 9.17) is 6.92 Å². The molecule has 0 rings (SSSR count). The molecule has 0 aromatic carbocycles. The third-order valence-corrected chi connectivity index (χ3v) is 0.310. The first kappa shape index (κ1) is 5.26. The van der Waals surface area contributed by atoms with Crippen LogP contribution in [0.15, 0.2) is 30.5 Å². The molecule has 0 aromatic heterocycles. The molecule has 0 bridgehead atoms. The average Bonchev–Trinajstić information content (AvgIpc) is 1.61. The fourth-order valence-electron chi connectivity index (χ4n) is 0.124. The van der Waals surface area contributed by atoms with Gasteiger partial charge in [-0.05, 0) is 19.1 Å². The Labute approximate surface area is 38.5 Å². The van der Waals surface area contributed by atoms with Crippen molar-refractivity contribution >= 4 is 0 Å². The van der Waals surface area contributed by atoms with Gasteiger partial charge in [0, 0.05) is 0 Å². The average molecular weight is 78.1 g/mol. The van der Waals surface area contributed by atoms with Crippen LogP contribution in [0.1, 0.15) is 0 Å². The van der Waals surface area contributed by atoms with Crippen molar-refractivity contribution in [2.75, 3.05) is 0 Å². The highest BCUT2D eigenvalue weighted by Crippen LogP contribution is 1.63. The molecule has 0 atom stereocenters. The van der Waals surface area contributed by atoms with Crippen molar-refractivity contribution in [3.63, 3.8) is 0 Å². The zero-order valence-electron chi connectivity index (χ0n) is 3.52. The SMILES string of the molecule is [CH]C=C=CC=C. The van der Waals surface area contributed by atoms with Crippen LogP contribution in [0.25, 0.3) is 0 Å². The van der Waals surface area contributed by atoms with E-state index in [9.17, 15) is 0 Å². The summed E-state index contributed by atoms with van der Waals surface area (Å²) in [5.74, 6) is 0. The Morgan fingerprint density at radius 2 is 2.33 bits per heavy atom. The summed E-state index contributed by atoms with van der Waals surface area (Å²) in [7, 11) is 0.